The number of carbonyl (C=O) groups excluding carboxylic acids is 1. The summed E-state index contributed by atoms with van der Waals surface area (Å²) in [5.74, 6) is 0.170. The van der Waals surface area contributed by atoms with Crippen molar-refractivity contribution < 1.29 is 23.1 Å². The fraction of sp³-hybridized carbons (Fsp3) is 0.650. The van der Waals surface area contributed by atoms with E-state index in [-0.39, 0.29) is 16.4 Å². The first kappa shape index (κ1) is 21.1. The van der Waals surface area contributed by atoms with Crippen LogP contribution in [-0.2, 0) is 10.0 Å². The molecule has 8 heteroatoms. The second-order valence-corrected chi connectivity index (χ2v) is 9.65. The molecule has 1 heterocycles. The van der Waals surface area contributed by atoms with Crippen molar-refractivity contribution in [1.82, 2.24) is 9.21 Å². The molecule has 0 spiro atoms. The highest BCUT2D eigenvalue weighted by Gasteiger charge is 2.35. The number of piperidine rings is 1. The van der Waals surface area contributed by atoms with E-state index < -0.39 is 22.2 Å². The summed E-state index contributed by atoms with van der Waals surface area (Å²) in [6.07, 6.45) is 5.37. The van der Waals surface area contributed by atoms with Gasteiger partial charge in [0.25, 0.3) is 5.91 Å². The van der Waals surface area contributed by atoms with Crippen molar-refractivity contribution >= 4 is 15.9 Å². The first-order valence-electron chi connectivity index (χ1n) is 9.99. The summed E-state index contributed by atoms with van der Waals surface area (Å²) in [7, 11) is -0.858. The van der Waals surface area contributed by atoms with E-state index in [0.717, 1.165) is 32.1 Å². The molecule has 1 amide bonds. The quantitative estimate of drug-likeness (QED) is 0.804. The number of sulfonamides is 1. The van der Waals surface area contributed by atoms with Crippen LogP contribution >= 0.6 is 0 Å². The number of rotatable bonds is 5. The molecule has 1 aliphatic carbocycles. The number of hydrogen-bond acceptors (Lipinski definition) is 5. The molecule has 28 heavy (non-hydrogen) atoms. The van der Waals surface area contributed by atoms with Crippen molar-refractivity contribution in [3.8, 4) is 5.75 Å². The predicted octanol–water partition coefficient (Wildman–Crippen LogP) is 2.25. The third-order valence-electron chi connectivity index (χ3n) is 5.88. The van der Waals surface area contributed by atoms with Crippen LogP contribution in [-0.4, -0.2) is 68.0 Å². The number of methoxy groups -OCH3 is 1. The van der Waals surface area contributed by atoms with Gasteiger partial charge >= 0.3 is 0 Å². The fourth-order valence-electron chi connectivity index (χ4n) is 4.14. The number of likely N-dealkylation sites (tertiary alicyclic amines) is 1. The molecule has 156 valence electrons. The number of carbonyl (C=O) groups is 1. The van der Waals surface area contributed by atoms with E-state index in [4.69, 9.17) is 4.74 Å². The molecule has 2 aliphatic rings. The summed E-state index contributed by atoms with van der Waals surface area (Å²) in [5, 5.41) is 10.3. The minimum absolute atomic E-state index is 0.0499. The maximum absolute atomic E-state index is 13.2. The molecule has 1 aliphatic heterocycles. The van der Waals surface area contributed by atoms with Crippen molar-refractivity contribution in [2.75, 3.05) is 27.2 Å². The fourth-order valence-corrected chi connectivity index (χ4v) is 5.58. The molecule has 2 fully saturated rings. The monoisotopic (exact) mass is 410 g/mol. The lowest BCUT2D eigenvalue weighted by atomic mass is 9.93. The highest BCUT2D eigenvalue weighted by atomic mass is 32.2. The summed E-state index contributed by atoms with van der Waals surface area (Å²) in [5.41, 5.74) is 0.267. The number of likely N-dealkylation sites (N-methyl/N-ethyl adjacent to an activating group) is 1. The summed E-state index contributed by atoms with van der Waals surface area (Å²) < 4.78 is 32.9. The second kappa shape index (κ2) is 8.80. The largest absolute Gasteiger partial charge is 0.496 e. The summed E-state index contributed by atoms with van der Waals surface area (Å²) >= 11 is 0. The molecule has 3 rings (SSSR count). The Balaban J connectivity index is 1.91. The number of hydrogen-bond donors (Lipinski definition) is 1. The maximum atomic E-state index is 13.2. The molecule has 2 atom stereocenters. The number of aliphatic hydroxyl groups excluding tert-OH is 1. The highest BCUT2D eigenvalue weighted by molar-refractivity contribution is 7.89. The van der Waals surface area contributed by atoms with E-state index in [2.05, 4.69) is 0 Å². The molecule has 0 bridgehead atoms. The van der Waals surface area contributed by atoms with Gasteiger partial charge in [-0.15, -0.1) is 0 Å². The van der Waals surface area contributed by atoms with Gasteiger partial charge in [-0.3, -0.25) is 4.79 Å². The van der Waals surface area contributed by atoms with Gasteiger partial charge in [-0.1, -0.05) is 12.8 Å². The Morgan fingerprint density at radius 3 is 2.46 bits per heavy atom. The molecular formula is C20H30N2O5S. The lowest BCUT2D eigenvalue weighted by Crippen LogP contribution is -2.46. The SMILES string of the molecule is COc1ccc(S(=O)(=O)N(C)[C@H]2CCCC[C@@H]2O)cc1C(=O)N1CCCCC1. The Labute approximate surface area is 167 Å². The van der Waals surface area contributed by atoms with Gasteiger partial charge < -0.3 is 14.7 Å². The van der Waals surface area contributed by atoms with Gasteiger partial charge in [0.2, 0.25) is 10.0 Å². The molecule has 7 nitrogen and oxygen atoms in total. The predicted molar refractivity (Wildman–Crippen MR) is 106 cm³/mol. The Kier molecular flexibility index (Phi) is 6.62. The summed E-state index contributed by atoms with van der Waals surface area (Å²) in [6, 6.07) is 3.97. The average Bonchev–Trinajstić information content (AvgIpc) is 2.73. The topological polar surface area (TPSA) is 87.1 Å². The number of aliphatic hydroxyl groups is 1. The molecule has 0 radical (unpaired) electrons. The van der Waals surface area contributed by atoms with Crippen molar-refractivity contribution in [2.45, 2.75) is 62.0 Å². The molecular weight excluding hydrogens is 380 g/mol. The average molecular weight is 411 g/mol. The van der Waals surface area contributed by atoms with Crippen LogP contribution in [0.25, 0.3) is 0 Å². The van der Waals surface area contributed by atoms with Crippen LogP contribution in [0.5, 0.6) is 5.75 Å². The zero-order chi connectivity index (χ0) is 20.3. The Bertz CT molecular complexity index is 805. The summed E-state index contributed by atoms with van der Waals surface area (Å²) in [6.45, 7) is 1.35. The van der Waals surface area contributed by atoms with E-state index in [9.17, 15) is 18.3 Å². The van der Waals surface area contributed by atoms with Crippen LogP contribution in [0, 0.1) is 0 Å². The molecule has 1 saturated heterocycles. The van der Waals surface area contributed by atoms with Crippen molar-refractivity contribution in [2.24, 2.45) is 0 Å². The number of nitrogens with zero attached hydrogens (tertiary/aromatic N) is 2. The van der Waals surface area contributed by atoms with Crippen molar-refractivity contribution in [1.29, 1.82) is 0 Å². The first-order valence-corrected chi connectivity index (χ1v) is 11.4. The maximum Gasteiger partial charge on any atom is 0.257 e. The molecule has 1 N–H and O–H groups in total. The highest BCUT2D eigenvalue weighted by Crippen LogP contribution is 2.30. The van der Waals surface area contributed by atoms with Crippen molar-refractivity contribution in [3.63, 3.8) is 0 Å². The number of ether oxygens (including phenoxy) is 1. The summed E-state index contributed by atoms with van der Waals surface area (Å²) in [4.78, 5) is 14.8. The Morgan fingerprint density at radius 2 is 1.82 bits per heavy atom. The van der Waals surface area contributed by atoms with Gasteiger partial charge in [0.1, 0.15) is 5.75 Å². The van der Waals surface area contributed by atoms with Gasteiger partial charge in [0.05, 0.1) is 29.7 Å². The van der Waals surface area contributed by atoms with Crippen LogP contribution in [0.4, 0.5) is 0 Å². The minimum atomic E-state index is -3.84. The smallest absolute Gasteiger partial charge is 0.257 e. The number of amides is 1. The third-order valence-corrected chi connectivity index (χ3v) is 7.76. The molecule has 1 aromatic carbocycles. The molecule has 1 saturated carbocycles. The van der Waals surface area contributed by atoms with E-state index >= 15 is 0 Å². The zero-order valence-electron chi connectivity index (χ0n) is 16.6. The lowest BCUT2D eigenvalue weighted by molar-refractivity contribution is 0.0637. The van der Waals surface area contributed by atoms with Crippen LogP contribution in [0.1, 0.15) is 55.3 Å². The minimum Gasteiger partial charge on any atom is -0.496 e. The van der Waals surface area contributed by atoms with Gasteiger partial charge in [-0.05, 0) is 50.3 Å². The van der Waals surface area contributed by atoms with E-state index in [0.29, 0.717) is 31.7 Å². The third kappa shape index (κ3) is 4.18. The van der Waals surface area contributed by atoms with Crippen molar-refractivity contribution in [3.05, 3.63) is 23.8 Å². The molecule has 0 aromatic heterocycles. The normalized spacial score (nSPS) is 23.6. The zero-order valence-corrected chi connectivity index (χ0v) is 17.5. The molecule has 0 unspecified atom stereocenters. The van der Waals surface area contributed by atoms with E-state index in [1.54, 1.807) is 4.90 Å². The van der Waals surface area contributed by atoms with E-state index in [1.165, 1.54) is 36.7 Å². The van der Waals surface area contributed by atoms with Gasteiger partial charge in [0.15, 0.2) is 0 Å². The van der Waals surface area contributed by atoms with Crippen LogP contribution in [0.3, 0.4) is 0 Å². The Hall–Kier alpha value is -1.64. The van der Waals surface area contributed by atoms with Crippen LogP contribution < -0.4 is 4.74 Å². The van der Waals surface area contributed by atoms with Gasteiger partial charge in [-0.2, -0.15) is 4.31 Å². The van der Waals surface area contributed by atoms with E-state index in [1.807, 2.05) is 0 Å². The molecule has 1 aromatic rings. The van der Waals surface area contributed by atoms with Gasteiger partial charge in [0, 0.05) is 20.1 Å². The Morgan fingerprint density at radius 1 is 1.14 bits per heavy atom. The van der Waals surface area contributed by atoms with Crippen LogP contribution in [0.15, 0.2) is 23.1 Å². The van der Waals surface area contributed by atoms with Gasteiger partial charge in [-0.25, -0.2) is 8.42 Å². The standard InChI is InChI=1S/C20H30N2O5S/c1-21(17-8-4-5-9-18(17)23)28(25,26)15-10-11-19(27-2)16(14-15)20(24)22-12-6-3-7-13-22/h10-11,14,17-18,23H,3-9,12-13H2,1-2H3/t17-,18-/m0/s1. The lowest BCUT2D eigenvalue weighted by Gasteiger charge is -2.34. The second-order valence-electron chi connectivity index (χ2n) is 7.66. The van der Waals surface area contributed by atoms with Crippen LogP contribution in [0.2, 0.25) is 0 Å². The first-order chi connectivity index (χ1) is 13.4. The number of benzene rings is 1.